The third kappa shape index (κ3) is 3.87. The van der Waals surface area contributed by atoms with Crippen LogP contribution in [0, 0.1) is 0 Å². The lowest BCUT2D eigenvalue weighted by Crippen LogP contribution is -2.47. The van der Waals surface area contributed by atoms with Gasteiger partial charge in [0.15, 0.2) is 0 Å². The van der Waals surface area contributed by atoms with Gasteiger partial charge in [-0.3, -0.25) is 0 Å². The fourth-order valence-corrected chi connectivity index (χ4v) is 2.72. The van der Waals surface area contributed by atoms with Crippen molar-refractivity contribution in [3.05, 3.63) is 34.9 Å². The number of aliphatic hydroxyl groups is 1. The summed E-state index contributed by atoms with van der Waals surface area (Å²) in [5.74, 6) is 0. The molecule has 20 heavy (non-hydrogen) atoms. The number of halogens is 1. The molecule has 2 atom stereocenters. The molecule has 0 radical (unpaired) electrons. The fraction of sp³-hybridized carbons (Fsp3) is 0.533. The second-order valence-electron chi connectivity index (χ2n) is 5.21. The van der Waals surface area contributed by atoms with Crippen LogP contribution in [0.3, 0.4) is 0 Å². The Kier molecular flexibility index (Phi) is 5.26. The lowest BCUT2D eigenvalue weighted by molar-refractivity contribution is 0.0832. The number of nitrogens with one attached hydrogen (secondary N) is 1. The molecule has 2 N–H and O–H groups in total. The Morgan fingerprint density at radius 3 is 3.05 bits per heavy atom. The highest BCUT2D eigenvalue weighted by molar-refractivity contribution is 6.30. The SMILES string of the molecule is CCC(NC(=O)N1CCCC(O)C1)c1cccc(Cl)c1. The van der Waals surface area contributed by atoms with E-state index in [0.717, 1.165) is 24.8 Å². The van der Waals surface area contributed by atoms with E-state index in [0.29, 0.717) is 18.1 Å². The van der Waals surface area contributed by atoms with E-state index < -0.39 is 6.10 Å². The number of urea groups is 1. The molecule has 1 fully saturated rings. The third-order valence-corrected chi connectivity index (χ3v) is 3.88. The molecule has 110 valence electrons. The Morgan fingerprint density at radius 2 is 2.40 bits per heavy atom. The van der Waals surface area contributed by atoms with Crippen molar-refractivity contribution in [2.75, 3.05) is 13.1 Å². The van der Waals surface area contributed by atoms with Gasteiger partial charge in [0.2, 0.25) is 0 Å². The first kappa shape index (κ1) is 15.1. The first-order valence-corrected chi connectivity index (χ1v) is 7.47. The molecule has 1 aliphatic heterocycles. The number of β-amino-alcohol motifs (C(OH)–C–C–N with tert-alkyl or cyclic N) is 1. The van der Waals surface area contributed by atoms with Crippen LogP contribution >= 0.6 is 11.6 Å². The van der Waals surface area contributed by atoms with Crippen molar-refractivity contribution in [3.8, 4) is 0 Å². The van der Waals surface area contributed by atoms with E-state index in [2.05, 4.69) is 5.32 Å². The summed E-state index contributed by atoms with van der Waals surface area (Å²) < 4.78 is 0. The highest BCUT2D eigenvalue weighted by Crippen LogP contribution is 2.21. The first-order chi connectivity index (χ1) is 9.60. The number of amides is 2. The lowest BCUT2D eigenvalue weighted by Gasteiger charge is -2.31. The molecule has 4 nitrogen and oxygen atoms in total. The van der Waals surface area contributed by atoms with Crippen LogP contribution in [-0.2, 0) is 0 Å². The van der Waals surface area contributed by atoms with Gasteiger partial charge in [-0.15, -0.1) is 0 Å². The minimum Gasteiger partial charge on any atom is -0.391 e. The maximum Gasteiger partial charge on any atom is 0.317 e. The van der Waals surface area contributed by atoms with Crippen LogP contribution in [0.15, 0.2) is 24.3 Å². The van der Waals surface area contributed by atoms with Gasteiger partial charge < -0.3 is 15.3 Å². The number of aliphatic hydroxyl groups excluding tert-OH is 1. The largest absolute Gasteiger partial charge is 0.391 e. The Hall–Kier alpha value is -1.26. The molecule has 2 amide bonds. The maximum absolute atomic E-state index is 12.2. The number of carbonyl (C=O) groups is 1. The average molecular weight is 297 g/mol. The van der Waals surface area contributed by atoms with Crippen molar-refractivity contribution in [2.24, 2.45) is 0 Å². The van der Waals surface area contributed by atoms with E-state index in [-0.39, 0.29) is 12.1 Å². The van der Waals surface area contributed by atoms with Crippen molar-refractivity contribution < 1.29 is 9.90 Å². The van der Waals surface area contributed by atoms with Gasteiger partial charge in [0.25, 0.3) is 0 Å². The van der Waals surface area contributed by atoms with Crippen molar-refractivity contribution >= 4 is 17.6 Å². The normalized spacial score (nSPS) is 20.6. The molecule has 1 aliphatic rings. The molecule has 1 heterocycles. The summed E-state index contributed by atoms with van der Waals surface area (Å²) in [5, 5.41) is 13.3. The molecule has 2 rings (SSSR count). The number of rotatable bonds is 3. The molecule has 0 aliphatic carbocycles. The van der Waals surface area contributed by atoms with Gasteiger partial charge in [0.05, 0.1) is 12.1 Å². The molecule has 1 aromatic carbocycles. The first-order valence-electron chi connectivity index (χ1n) is 7.09. The molecule has 0 aromatic heterocycles. The molecule has 5 heteroatoms. The second-order valence-corrected chi connectivity index (χ2v) is 5.64. The van der Waals surface area contributed by atoms with Crippen LogP contribution in [0.1, 0.15) is 37.8 Å². The number of piperidine rings is 1. The predicted octanol–water partition coefficient (Wildman–Crippen LogP) is 2.96. The van der Waals surface area contributed by atoms with Gasteiger partial charge in [-0.05, 0) is 37.0 Å². The number of hydrogen-bond acceptors (Lipinski definition) is 2. The zero-order valence-corrected chi connectivity index (χ0v) is 12.4. The Bertz CT molecular complexity index is 467. The van der Waals surface area contributed by atoms with Gasteiger partial charge >= 0.3 is 6.03 Å². The summed E-state index contributed by atoms with van der Waals surface area (Å²) in [5.41, 5.74) is 1.01. The summed E-state index contributed by atoms with van der Waals surface area (Å²) >= 11 is 5.99. The van der Waals surface area contributed by atoms with Crippen molar-refractivity contribution in [1.29, 1.82) is 0 Å². The highest BCUT2D eigenvalue weighted by Gasteiger charge is 2.23. The minimum atomic E-state index is -0.402. The van der Waals surface area contributed by atoms with E-state index >= 15 is 0 Å². The summed E-state index contributed by atoms with van der Waals surface area (Å²) in [4.78, 5) is 13.9. The minimum absolute atomic E-state index is 0.0553. The van der Waals surface area contributed by atoms with Crippen molar-refractivity contribution in [2.45, 2.75) is 38.3 Å². The van der Waals surface area contributed by atoms with E-state index in [1.807, 2.05) is 31.2 Å². The number of carbonyl (C=O) groups excluding carboxylic acids is 1. The summed E-state index contributed by atoms with van der Waals surface area (Å²) in [6.07, 6.45) is 2.01. The molecular formula is C15H21ClN2O2. The Labute approximate surface area is 124 Å². The summed E-state index contributed by atoms with van der Waals surface area (Å²) in [7, 11) is 0. The van der Waals surface area contributed by atoms with Gasteiger partial charge in [-0.25, -0.2) is 4.79 Å². The van der Waals surface area contributed by atoms with E-state index in [1.165, 1.54) is 0 Å². The van der Waals surface area contributed by atoms with Crippen LogP contribution in [0.4, 0.5) is 4.79 Å². The van der Waals surface area contributed by atoms with Crippen LogP contribution in [0.5, 0.6) is 0 Å². The third-order valence-electron chi connectivity index (χ3n) is 3.64. The number of likely N-dealkylation sites (tertiary alicyclic amines) is 1. The van der Waals surface area contributed by atoms with Crippen LogP contribution < -0.4 is 5.32 Å². The van der Waals surface area contributed by atoms with Crippen LogP contribution in [0.25, 0.3) is 0 Å². The van der Waals surface area contributed by atoms with Gasteiger partial charge in [-0.2, -0.15) is 0 Å². The number of hydrogen-bond donors (Lipinski definition) is 2. The van der Waals surface area contributed by atoms with Gasteiger partial charge in [0, 0.05) is 18.1 Å². The lowest BCUT2D eigenvalue weighted by atomic mass is 10.0. The molecule has 1 saturated heterocycles. The maximum atomic E-state index is 12.2. The second kappa shape index (κ2) is 6.95. The predicted molar refractivity (Wildman–Crippen MR) is 79.8 cm³/mol. The van der Waals surface area contributed by atoms with E-state index in [4.69, 9.17) is 11.6 Å². The molecule has 0 saturated carbocycles. The summed E-state index contributed by atoms with van der Waals surface area (Å²) in [6, 6.07) is 7.38. The van der Waals surface area contributed by atoms with Gasteiger partial charge in [-0.1, -0.05) is 30.7 Å². The monoisotopic (exact) mass is 296 g/mol. The van der Waals surface area contributed by atoms with Gasteiger partial charge in [0.1, 0.15) is 0 Å². The standard InChI is InChI=1S/C15H21ClN2O2/c1-2-14(11-5-3-6-12(16)9-11)17-15(20)18-8-4-7-13(19)10-18/h3,5-6,9,13-14,19H,2,4,7-8,10H2,1H3,(H,17,20). The highest BCUT2D eigenvalue weighted by atomic mass is 35.5. The van der Waals surface area contributed by atoms with Crippen LogP contribution in [-0.4, -0.2) is 35.2 Å². The van der Waals surface area contributed by atoms with Crippen molar-refractivity contribution in [3.63, 3.8) is 0 Å². The molecular weight excluding hydrogens is 276 g/mol. The quantitative estimate of drug-likeness (QED) is 0.901. The average Bonchev–Trinajstić information content (AvgIpc) is 2.44. The molecule has 1 aromatic rings. The zero-order chi connectivity index (χ0) is 14.5. The van der Waals surface area contributed by atoms with Crippen LogP contribution in [0.2, 0.25) is 5.02 Å². The molecule has 0 bridgehead atoms. The van der Waals surface area contributed by atoms with E-state index in [9.17, 15) is 9.90 Å². The topological polar surface area (TPSA) is 52.6 Å². The number of benzene rings is 1. The fourth-order valence-electron chi connectivity index (χ4n) is 2.52. The zero-order valence-electron chi connectivity index (χ0n) is 11.7. The summed E-state index contributed by atoms with van der Waals surface area (Å²) in [6.45, 7) is 3.14. The number of nitrogens with zero attached hydrogens (tertiary/aromatic N) is 1. The van der Waals surface area contributed by atoms with Crippen molar-refractivity contribution in [1.82, 2.24) is 10.2 Å². The van der Waals surface area contributed by atoms with E-state index in [1.54, 1.807) is 4.90 Å². The Morgan fingerprint density at radius 1 is 1.60 bits per heavy atom. The Balaban J connectivity index is 2.00. The molecule has 2 unspecified atom stereocenters. The smallest absolute Gasteiger partial charge is 0.317 e. The molecule has 0 spiro atoms.